The summed E-state index contributed by atoms with van der Waals surface area (Å²) in [7, 11) is 2.89. The quantitative estimate of drug-likeness (QED) is 0.0448. The largest absolute Gasteiger partial charge is 1.00 e. The number of anilines is 1. The predicted molar refractivity (Wildman–Crippen MR) is 179 cm³/mol. The molecule has 1 amide bonds. The van der Waals surface area contributed by atoms with E-state index >= 15 is 0 Å². The topological polar surface area (TPSA) is 246 Å². The molecular formula is C34H46K2N4O11. The van der Waals surface area contributed by atoms with Crippen molar-refractivity contribution in [3.63, 3.8) is 0 Å². The van der Waals surface area contributed by atoms with E-state index in [0.717, 1.165) is 57.9 Å². The van der Waals surface area contributed by atoms with Gasteiger partial charge in [0.15, 0.2) is 0 Å². The molecule has 270 valence electrons. The summed E-state index contributed by atoms with van der Waals surface area (Å²) in [5.41, 5.74) is 12.2. The molecule has 15 nitrogen and oxygen atoms in total. The molecule has 0 bridgehead atoms. The molecule has 1 heterocycles. The molecule has 0 radical (unpaired) electrons. The molecule has 0 spiro atoms. The molecule has 0 aliphatic heterocycles. The zero-order chi connectivity index (χ0) is 36.2. The molecule has 5 rings (SSSR count). The number of carbonyl (C=O) groups is 4. The fraction of sp³-hybridized carbons (Fsp3) is 0.471. The summed E-state index contributed by atoms with van der Waals surface area (Å²) in [6, 6.07) is 13.7. The summed E-state index contributed by atoms with van der Waals surface area (Å²) in [6.07, 6.45) is 7.60. The number of hydrogen-bond acceptors (Lipinski definition) is 13. The number of rotatable bonds is 7. The van der Waals surface area contributed by atoms with Crippen LogP contribution in [0, 0.1) is 23.7 Å². The maximum absolute atomic E-state index is 12.1. The molecule has 0 atom stereocenters. The number of esters is 2. The number of methoxy groups -OCH3 is 2. The minimum Gasteiger partial charge on any atom is -1.00 e. The number of nitrogens with two attached hydrogens (primary N) is 2. The number of benzene rings is 2. The summed E-state index contributed by atoms with van der Waals surface area (Å²) < 4.78 is 13.8. The Hall–Kier alpha value is -1.75. The zero-order valence-corrected chi connectivity index (χ0v) is 36.0. The first-order chi connectivity index (χ1) is 23.6. The maximum atomic E-state index is 12.1. The van der Waals surface area contributed by atoms with Crippen molar-refractivity contribution in [3.05, 3.63) is 75.1 Å². The first-order valence-corrected chi connectivity index (χ1v) is 15.9. The predicted octanol–water partition coefficient (Wildman–Crippen LogP) is -4.06. The maximum Gasteiger partial charge on any atom is 1.00 e. The zero-order valence-electron chi connectivity index (χ0n) is 30.7. The van der Waals surface area contributed by atoms with Crippen molar-refractivity contribution in [1.29, 1.82) is 0 Å². The summed E-state index contributed by atoms with van der Waals surface area (Å²) in [5, 5.41) is 11.7. The molecule has 2 aromatic carbocycles. The summed E-state index contributed by atoms with van der Waals surface area (Å²) >= 11 is 0. The number of nitrogens with one attached hydrogen (secondary N) is 2. The van der Waals surface area contributed by atoms with Gasteiger partial charge in [-0.05, 0) is 94.0 Å². The van der Waals surface area contributed by atoms with Gasteiger partial charge in [-0.15, -0.1) is 0 Å². The Balaban J connectivity index is 0. The molecule has 3 aromatic rings. The molecule has 2 fully saturated rings. The second-order valence-electron chi connectivity index (χ2n) is 11.6. The van der Waals surface area contributed by atoms with E-state index in [1.54, 1.807) is 48.5 Å². The van der Waals surface area contributed by atoms with E-state index in [-0.39, 0.29) is 140 Å². The standard InChI is InChI=1S/C16H22N2O3.C9H17NO2.C8H5NO3.CH2O3.2K.H/c1-21-16(20)12-8-6-11(7-9-12)10-18-15(19)13-4-2-3-5-14(13)17;1-12-9(11)8-4-2-7(6-10)3-5-8;10-7-5-3-1-2-4-6(5)9-8(11)12-7;2-1-4-3;;;/h2-5,11-12H,6-10,17H2,1H3,(H,18,19);7-8H,2-6,10H2,1H3;1-4H,(H,9,11);1,3H;;;/q;;;;2*+1;-1/p-1. The van der Waals surface area contributed by atoms with Crippen molar-refractivity contribution in [2.45, 2.75) is 51.4 Å². The molecule has 2 saturated carbocycles. The van der Waals surface area contributed by atoms with E-state index in [2.05, 4.69) is 24.3 Å². The number of aromatic amines is 1. The minimum absolute atomic E-state index is 0. The van der Waals surface area contributed by atoms with Crippen LogP contribution in [-0.2, 0) is 28.7 Å². The van der Waals surface area contributed by atoms with Gasteiger partial charge in [0.2, 0.25) is 0 Å². The Kier molecular flexibility index (Phi) is 26.8. The van der Waals surface area contributed by atoms with Crippen molar-refractivity contribution in [3.8, 4) is 0 Å². The molecule has 51 heavy (non-hydrogen) atoms. The number of amides is 1. The van der Waals surface area contributed by atoms with Crippen molar-refractivity contribution >= 4 is 40.9 Å². The van der Waals surface area contributed by atoms with Gasteiger partial charge in [0.25, 0.3) is 12.4 Å². The van der Waals surface area contributed by atoms with E-state index in [4.69, 9.17) is 26.3 Å². The van der Waals surface area contributed by atoms with Gasteiger partial charge in [-0.3, -0.25) is 24.2 Å². The van der Waals surface area contributed by atoms with Gasteiger partial charge in [0, 0.05) is 12.2 Å². The van der Waals surface area contributed by atoms with Gasteiger partial charge in [-0.1, -0.05) is 24.3 Å². The fourth-order valence-corrected chi connectivity index (χ4v) is 5.65. The van der Waals surface area contributed by atoms with Gasteiger partial charge >= 0.3 is 126 Å². The Labute approximate surface area is 382 Å². The van der Waals surface area contributed by atoms with E-state index in [1.165, 1.54) is 14.2 Å². The number of para-hydroxylation sites is 2. The molecular weight excluding hydrogens is 719 g/mol. The third-order valence-electron chi connectivity index (χ3n) is 8.46. The van der Waals surface area contributed by atoms with Gasteiger partial charge in [0.05, 0.1) is 42.5 Å². The second kappa shape index (κ2) is 27.8. The van der Waals surface area contributed by atoms with Crippen LogP contribution in [0.5, 0.6) is 0 Å². The van der Waals surface area contributed by atoms with Crippen LogP contribution in [-0.4, -0.2) is 56.6 Å². The average Bonchev–Trinajstić information content (AvgIpc) is 3.14. The van der Waals surface area contributed by atoms with Crippen molar-refractivity contribution < 1.29 is 147 Å². The van der Waals surface area contributed by atoms with Crippen molar-refractivity contribution in [2.24, 2.45) is 29.4 Å². The van der Waals surface area contributed by atoms with Crippen LogP contribution in [0.3, 0.4) is 0 Å². The van der Waals surface area contributed by atoms with Crippen LogP contribution in [0.25, 0.3) is 10.9 Å². The molecule has 0 unspecified atom stereocenters. The number of aromatic nitrogens is 1. The molecule has 1 aromatic heterocycles. The minimum atomic E-state index is -0.723. The normalized spacial score (nSPS) is 18.7. The van der Waals surface area contributed by atoms with Crippen LogP contribution >= 0.6 is 0 Å². The van der Waals surface area contributed by atoms with Crippen molar-refractivity contribution in [1.82, 2.24) is 10.3 Å². The van der Waals surface area contributed by atoms with Gasteiger partial charge < -0.3 is 42.2 Å². The Morgan fingerprint density at radius 1 is 0.882 bits per heavy atom. The molecule has 17 heteroatoms. The Bertz CT molecular complexity index is 1610. The van der Waals surface area contributed by atoms with Gasteiger partial charge in [-0.2, -0.15) is 0 Å². The SMILES string of the molecule is COC(=O)C1CCC(CN)CC1.COC(=O)C1CCC(CNC(=O)c2ccccc2N)CC1.O=CO[O-].O=c1[nH]c2ccccc2c(=O)o1.[H-].[K+].[K+]. The third-order valence-corrected chi connectivity index (χ3v) is 8.46. The van der Waals surface area contributed by atoms with Crippen LogP contribution < -0.4 is 136 Å². The van der Waals surface area contributed by atoms with Crippen molar-refractivity contribution in [2.75, 3.05) is 33.0 Å². The summed E-state index contributed by atoms with van der Waals surface area (Å²) in [4.78, 5) is 70.0. The number of carbonyl (C=O) groups excluding carboxylic acids is 4. The summed E-state index contributed by atoms with van der Waals surface area (Å²) in [5.74, 6) is 0.178. The second-order valence-corrected chi connectivity index (χ2v) is 11.6. The van der Waals surface area contributed by atoms with Crippen LogP contribution in [0.2, 0.25) is 0 Å². The van der Waals surface area contributed by atoms with E-state index in [9.17, 15) is 24.0 Å². The molecule has 2 aliphatic rings. The number of fused-ring (bicyclic) bond motifs is 1. The van der Waals surface area contributed by atoms with Crippen LogP contribution in [0.4, 0.5) is 5.69 Å². The van der Waals surface area contributed by atoms with Crippen LogP contribution in [0.1, 0.15) is 63.2 Å². The smallest absolute Gasteiger partial charge is 1.00 e. The third kappa shape index (κ3) is 17.8. The fourth-order valence-electron chi connectivity index (χ4n) is 5.65. The number of H-pyrrole nitrogens is 1. The van der Waals surface area contributed by atoms with Crippen LogP contribution in [0.15, 0.2) is 62.5 Å². The first-order valence-electron chi connectivity index (χ1n) is 15.9. The number of nitrogen functional groups attached to an aromatic ring is 1. The van der Waals surface area contributed by atoms with Gasteiger partial charge in [0.1, 0.15) is 0 Å². The Morgan fingerprint density at radius 3 is 1.86 bits per heavy atom. The van der Waals surface area contributed by atoms with E-state index in [0.29, 0.717) is 40.5 Å². The molecule has 2 aliphatic carbocycles. The van der Waals surface area contributed by atoms with E-state index in [1.807, 2.05) is 0 Å². The Morgan fingerprint density at radius 2 is 1.37 bits per heavy atom. The molecule has 6 N–H and O–H groups in total. The summed E-state index contributed by atoms with van der Waals surface area (Å²) in [6.45, 7) is 1.20. The number of ether oxygens (including phenoxy) is 2. The van der Waals surface area contributed by atoms with Gasteiger partial charge in [-0.25, -0.2) is 9.59 Å². The number of hydrogen-bond donors (Lipinski definition) is 4. The molecule has 0 saturated heterocycles. The average molecular weight is 765 g/mol. The first kappa shape index (κ1) is 49.3. The monoisotopic (exact) mass is 764 g/mol. The van der Waals surface area contributed by atoms with E-state index < -0.39 is 11.4 Å².